The van der Waals surface area contributed by atoms with E-state index in [9.17, 15) is 25.0 Å². The van der Waals surface area contributed by atoms with Gasteiger partial charge in [0.25, 0.3) is 11.4 Å². The average molecular weight is 343 g/mol. The van der Waals surface area contributed by atoms with Crippen LogP contribution in [0.1, 0.15) is 18.1 Å². The van der Waals surface area contributed by atoms with Crippen molar-refractivity contribution in [2.24, 2.45) is 0 Å². The first-order chi connectivity index (χ1) is 11.9. The number of nitrogens with zero attached hydrogens (tertiary/aromatic N) is 3. The molecule has 2 rings (SSSR count). The van der Waals surface area contributed by atoms with E-state index in [-0.39, 0.29) is 17.3 Å². The molecule has 0 fully saturated rings. The maximum atomic E-state index is 11.8. The highest BCUT2D eigenvalue weighted by atomic mass is 16.6. The lowest BCUT2D eigenvalue weighted by molar-refractivity contribution is -0.385. The van der Waals surface area contributed by atoms with Crippen LogP contribution in [0.15, 0.2) is 48.5 Å². The fraction of sp³-hybridized carbons (Fsp3) is 0.235. The van der Waals surface area contributed by atoms with Crippen molar-refractivity contribution in [1.82, 2.24) is 4.90 Å². The van der Waals surface area contributed by atoms with Crippen LogP contribution in [0.25, 0.3) is 0 Å². The lowest BCUT2D eigenvalue weighted by Crippen LogP contribution is -2.30. The third-order valence-electron chi connectivity index (χ3n) is 3.78. The highest BCUT2D eigenvalue weighted by molar-refractivity contribution is 5.73. The Balaban J connectivity index is 1.99. The topological polar surface area (TPSA) is 107 Å². The molecule has 0 heterocycles. The Morgan fingerprint density at radius 2 is 1.32 bits per heavy atom. The van der Waals surface area contributed by atoms with Gasteiger partial charge in [-0.1, -0.05) is 24.3 Å². The summed E-state index contributed by atoms with van der Waals surface area (Å²) < 4.78 is 0. The molecular formula is C17H17N3O5. The van der Waals surface area contributed by atoms with E-state index in [0.717, 1.165) is 11.1 Å². The van der Waals surface area contributed by atoms with E-state index >= 15 is 0 Å². The highest BCUT2D eigenvalue weighted by Gasteiger charge is 2.12. The van der Waals surface area contributed by atoms with E-state index in [2.05, 4.69) is 0 Å². The summed E-state index contributed by atoms with van der Waals surface area (Å²) >= 11 is 0. The van der Waals surface area contributed by atoms with Crippen molar-refractivity contribution in [2.75, 3.05) is 6.54 Å². The van der Waals surface area contributed by atoms with Gasteiger partial charge in [-0.15, -0.1) is 0 Å². The van der Waals surface area contributed by atoms with Crippen LogP contribution in [0.4, 0.5) is 11.4 Å². The van der Waals surface area contributed by atoms with Crippen LogP contribution in [-0.4, -0.2) is 27.2 Å². The zero-order chi connectivity index (χ0) is 18.4. The molecule has 0 aliphatic carbocycles. The van der Waals surface area contributed by atoms with Crippen molar-refractivity contribution < 1.29 is 14.6 Å². The number of non-ortho nitro benzene ring substituents is 2. The number of amides is 1. The molecule has 130 valence electrons. The largest absolute Gasteiger partial charge is 0.338 e. The van der Waals surface area contributed by atoms with Gasteiger partial charge in [-0.3, -0.25) is 25.0 Å². The summed E-state index contributed by atoms with van der Waals surface area (Å²) in [5.41, 5.74) is 1.71. The van der Waals surface area contributed by atoms with Crippen molar-refractivity contribution >= 4 is 17.3 Å². The van der Waals surface area contributed by atoms with Crippen molar-refractivity contribution in [3.63, 3.8) is 0 Å². The highest BCUT2D eigenvalue weighted by Crippen LogP contribution is 2.15. The molecule has 8 heteroatoms. The maximum absolute atomic E-state index is 11.8. The van der Waals surface area contributed by atoms with Gasteiger partial charge in [-0.25, -0.2) is 0 Å². The van der Waals surface area contributed by atoms with Crippen LogP contribution in [0.2, 0.25) is 0 Å². The van der Waals surface area contributed by atoms with Crippen molar-refractivity contribution in [3.05, 3.63) is 79.9 Å². The molecule has 0 atom stereocenters. The Hall–Kier alpha value is -3.29. The zero-order valence-corrected chi connectivity index (χ0v) is 13.6. The van der Waals surface area contributed by atoms with Gasteiger partial charge in [0.2, 0.25) is 5.91 Å². The molecule has 0 saturated heterocycles. The molecule has 0 aliphatic heterocycles. The van der Waals surface area contributed by atoms with Gasteiger partial charge < -0.3 is 4.90 Å². The van der Waals surface area contributed by atoms with Gasteiger partial charge in [0, 0.05) is 44.3 Å². The number of rotatable bonds is 7. The lowest BCUT2D eigenvalue weighted by Gasteiger charge is -2.21. The minimum Gasteiger partial charge on any atom is -0.338 e. The molecule has 0 unspecified atom stereocenters. The van der Waals surface area contributed by atoms with Crippen LogP contribution in [0, 0.1) is 20.2 Å². The van der Waals surface area contributed by atoms with Crippen LogP contribution in [0.3, 0.4) is 0 Å². The number of nitro benzene ring substituents is 2. The molecule has 0 aromatic heterocycles. The minimum absolute atomic E-state index is 0.00371. The third-order valence-corrected chi connectivity index (χ3v) is 3.78. The standard InChI is InChI=1S/C17H17N3O5/c1-13(21)18(12-15-4-8-17(9-5-15)20(24)25)11-10-14-2-6-16(7-3-14)19(22)23/h2-9H,10-12H2,1H3. The number of nitro groups is 2. The van der Waals surface area contributed by atoms with Gasteiger partial charge >= 0.3 is 0 Å². The molecule has 1 amide bonds. The van der Waals surface area contributed by atoms with Crippen LogP contribution in [-0.2, 0) is 17.8 Å². The van der Waals surface area contributed by atoms with Crippen molar-refractivity contribution in [3.8, 4) is 0 Å². The van der Waals surface area contributed by atoms with Gasteiger partial charge in [-0.2, -0.15) is 0 Å². The molecule has 2 aromatic rings. The normalized spacial score (nSPS) is 10.3. The van der Waals surface area contributed by atoms with Gasteiger partial charge in [0.15, 0.2) is 0 Å². The number of hydrogen-bond donors (Lipinski definition) is 0. The van der Waals surface area contributed by atoms with Gasteiger partial charge in [0.1, 0.15) is 0 Å². The number of carbonyl (C=O) groups excluding carboxylic acids is 1. The maximum Gasteiger partial charge on any atom is 0.269 e. The minimum atomic E-state index is -0.471. The van der Waals surface area contributed by atoms with E-state index in [1.54, 1.807) is 29.2 Å². The molecule has 0 spiro atoms. The second-order valence-corrected chi connectivity index (χ2v) is 5.54. The number of carbonyl (C=O) groups is 1. The predicted molar refractivity (Wildman–Crippen MR) is 91.0 cm³/mol. The second kappa shape index (κ2) is 8.00. The molecule has 0 aliphatic rings. The van der Waals surface area contributed by atoms with Gasteiger partial charge in [0.05, 0.1) is 9.85 Å². The fourth-order valence-corrected chi connectivity index (χ4v) is 2.34. The molecule has 0 saturated carbocycles. The summed E-state index contributed by atoms with van der Waals surface area (Å²) in [6.45, 7) is 2.26. The first-order valence-corrected chi connectivity index (χ1v) is 7.59. The first kappa shape index (κ1) is 18.1. The van der Waals surface area contributed by atoms with Crippen LogP contribution < -0.4 is 0 Å². The summed E-state index contributed by atoms with van der Waals surface area (Å²) in [7, 11) is 0. The Kier molecular flexibility index (Phi) is 5.78. The predicted octanol–water partition coefficient (Wildman–Crippen LogP) is 3.09. The van der Waals surface area contributed by atoms with Crippen LogP contribution >= 0.6 is 0 Å². The lowest BCUT2D eigenvalue weighted by atomic mass is 10.1. The van der Waals surface area contributed by atoms with Gasteiger partial charge in [-0.05, 0) is 17.5 Å². The summed E-state index contributed by atoms with van der Waals surface area (Å²) in [5.74, 6) is -0.111. The summed E-state index contributed by atoms with van der Waals surface area (Å²) in [5, 5.41) is 21.3. The van der Waals surface area contributed by atoms with E-state index < -0.39 is 9.85 Å². The second-order valence-electron chi connectivity index (χ2n) is 5.54. The molecule has 0 bridgehead atoms. The Labute approximate surface area is 144 Å². The Bertz CT molecular complexity index is 772. The summed E-state index contributed by atoms with van der Waals surface area (Å²) in [4.78, 5) is 33.8. The van der Waals surface area contributed by atoms with E-state index in [0.29, 0.717) is 19.5 Å². The van der Waals surface area contributed by atoms with Crippen LogP contribution in [0.5, 0.6) is 0 Å². The molecular weight excluding hydrogens is 326 g/mol. The molecule has 0 N–H and O–H groups in total. The molecule has 0 radical (unpaired) electrons. The van der Waals surface area contributed by atoms with Crippen molar-refractivity contribution in [2.45, 2.75) is 19.9 Å². The monoisotopic (exact) mass is 343 g/mol. The summed E-state index contributed by atoms with van der Waals surface area (Å²) in [6.07, 6.45) is 0.560. The van der Waals surface area contributed by atoms with E-state index in [1.165, 1.54) is 31.2 Å². The summed E-state index contributed by atoms with van der Waals surface area (Å²) in [6, 6.07) is 12.3. The Morgan fingerprint density at radius 3 is 1.72 bits per heavy atom. The zero-order valence-electron chi connectivity index (χ0n) is 13.6. The molecule has 8 nitrogen and oxygen atoms in total. The quantitative estimate of drug-likeness (QED) is 0.567. The van der Waals surface area contributed by atoms with Crippen molar-refractivity contribution in [1.29, 1.82) is 0 Å². The molecule has 2 aromatic carbocycles. The van der Waals surface area contributed by atoms with E-state index in [4.69, 9.17) is 0 Å². The molecule has 25 heavy (non-hydrogen) atoms. The third kappa shape index (κ3) is 5.10. The average Bonchev–Trinajstić information content (AvgIpc) is 2.59. The SMILES string of the molecule is CC(=O)N(CCc1ccc([N+](=O)[O-])cc1)Cc1ccc([N+](=O)[O-])cc1. The smallest absolute Gasteiger partial charge is 0.269 e. The van der Waals surface area contributed by atoms with E-state index in [1.807, 2.05) is 0 Å². The number of benzene rings is 2. The fourth-order valence-electron chi connectivity index (χ4n) is 2.34. The first-order valence-electron chi connectivity index (χ1n) is 7.59. The number of hydrogen-bond acceptors (Lipinski definition) is 5. The Morgan fingerprint density at radius 1 is 0.880 bits per heavy atom.